The highest BCUT2D eigenvalue weighted by atomic mass is 32.1. The topological polar surface area (TPSA) is 99.4 Å². The summed E-state index contributed by atoms with van der Waals surface area (Å²) in [5.74, 6) is 0.904. The van der Waals surface area contributed by atoms with Crippen molar-refractivity contribution in [2.75, 3.05) is 19.0 Å². The van der Waals surface area contributed by atoms with Crippen LogP contribution >= 0.6 is 12.6 Å². The Hall–Kier alpha value is 0.110. The lowest BCUT2D eigenvalue weighted by molar-refractivity contribution is -0.301. The van der Waals surface area contributed by atoms with E-state index in [1.165, 1.54) is 0 Å². The lowest BCUT2D eigenvalue weighted by Gasteiger charge is -2.39. The van der Waals surface area contributed by atoms with Gasteiger partial charge in [0.1, 0.15) is 24.4 Å². The summed E-state index contributed by atoms with van der Waals surface area (Å²) >= 11 is 4.14. The number of aliphatic hydroxyl groups is 4. The minimum absolute atomic E-state index is 0.406. The number of ether oxygens (including phenoxy) is 2. The van der Waals surface area contributed by atoms with E-state index >= 15 is 0 Å². The summed E-state index contributed by atoms with van der Waals surface area (Å²) in [7, 11) is 0. The van der Waals surface area contributed by atoms with Gasteiger partial charge in [0.05, 0.1) is 6.61 Å². The van der Waals surface area contributed by atoms with Crippen molar-refractivity contribution in [1.29, 1.82) is 0 Å². The number of hydrogen-bond acceptors (Lipinski definition) is 7. The normalized spacial score (nSPS) is 34.4. The summed E-state index contributed by atoms with van der Waals surface area (Å²) in [6, 6.07) is 0. The Kier molecular flexibility index (Phi) is 9.03. The van der Waals surface area contributed by atoms with Crippen LogP contribution in [0.2, 0.25) is 0 Å². The molecule has 120 valence electrons. The highest BCUT2D eigenvalue weighted by molar-refractivity contribution is 7.80. The van der Waals surface area contributed by atoms with E-state index in [2.05, 4.69) is 12.6 Å². The van der Waals surface area contributed by atoms with Gasteiger partial charge < -0.3 is 29.9 Å². The summed E-state index contributed by atoms with van der Waals surface area (Å²) in [5, 5.41) is 38.0. The van der Waals surface area contributed by atoms with Crippen LogP contribution in [-0.2, 0) is 9.47 Å². The standard InChI is InChI=1S/C13H26O6S/c14-8-9-10(15)11(16)12(17)13(19-9)18-6-4-2-1-3-5-7-20/h9-17,20H,1-8H2/t9?,10-,11?,12?,13-/m0/s1. The van der Waals surface area contributed by atoms with Gasteiger partial charge in [-0.15, -0.1) is 0 Å². The zero-order valence-corrected chi connectivity index (χ0v) is 12.5. The third-order valence-corrected chi connectivity index (χ3v) is 3.75. The Bertz CT molecular complexity index is 253. The maximum Gasteiger partial charge on any atom is 0.186 e. The highest BCUT2D eigenvalue weighted by Crippen LogP contribution is 2.22. The van der Waals surface area contributed by atoms with Crippen molar-refractivity contribution in [2.45, 2.75) is 62.8 Å². The molecule has 0 aliphatic carbocycles. The average molecular weight is 310 g/mol. The predicted molar refractivity (Wildman–Crippen MR) is 76.7 cm³/mol. The average Bonchev–Trinajstić information content (AvgIpc) is 2.46. The molecule has 1 heterocycles. The van der Waals surface area contributed by atoms with E-state index in [9.17, 15) is 15.3 Å². The zero-order valence-electron chi connectivity index (χ0n) is 11.6. The SMILES string of the molecule is OCC1O[C@H](OCCCCCCCS)C(O)C(O)[C@H]1O. The van der Waals surface area contributed by atoms with Crippen LogP contribution in [0, 0.1) is 0 Å². The molecule has 6 nitrogen and oxygen atoms in total. The highest BCUT2D eigenvalue weighted by Gasteiger charge is 2.43. The van der Waals surface area contributed by atoms with E-state index in [0.717, 1.165) is 37.9 Å². The Labute approximate surface area is 125 Å². The third kappa shape index (κ3) is 5.48. The molecule has 1 aliphatic heterocycles. The van der Waals surface area contributed by atoms with Crippen molar-refractivity contribution in [3.05, 3.63) is 0 Å². The minimum Gasteiger partial charge on any atom is -0.394 e. The van der Waals surface area contributed by atoms with E-state index in [-0.39, 0.29) is 0 Å². The van der Waals surface area contributed by atoms with E-state index in [0.29, 0.717) is 6.61 Å². The molecule has 1 rings (SSSR count). The Morgan fingerprint density at radius 3 is 2.20 bits per heavy atom. The first-order valence-corrected chi connectivity index (χ1v) is 7.78. The van der Waals surface area contributed by atoms with Crippen molar-refractivity contribution in [3.8, 4) is 0 Å². The molecule has 0 bridgehead atoms. The number of aliphatic hydroxyl groups excluding tert-OH is 4. The second-order valence-corrected chi connectivity index (χ2v) is 5.51. The van der Waals surface area contributed by atoms with Crippen LogP contribution in [-0.4, -0.2) is 70.1 Å². The van der Waals surface area contributed by atoms with Gasteiger partial charge in [-0.05, 0) is 18.6 Å². The zero-order chi connectivity index (χ0) is 15.0. The largest absolute Gasteiger partial charge is 0.394 e. The van der Waals surface area contributed by atoms with Crippen molar-refractivity contribution in [3.63, 3.8) is 0 Å². The van der Waals surface area contributed by atoms with Gasteiger partial charge in [0.25, 0.3) is 0 Å². The summed E-state index contributed by atoms with van der Waals surface area (Å²) in [4.78, 5) is 0. The van der Waals surface area contributed by atoms with Crippen molar-refractivity contribution in [1.82, 2.24) is 0 Å². The van der Waals surface area contributed by atoms with Gasteiger partial charge >= 0.3 is 0 Å². The van der Waals surface area contributed by atoms with Gasteiger partial charge in [0.15, 0.2) is 6.29 Å². The molecular formula is C13H26O6S. The van der Waals surface area contributed by atoms with Gasteiger partial charge in [-0.3, -0.25) is 0 Å². The van der Waals surface area contributed by atoms with Crippen LogP contribution in [0.5, 0.6) is 0 Å². The molecule has 0 aromatic heterocycles. The molecule has 4 N–H and O–H groups in total. The van der Waals surface area contributed by atoms with Gasteiger partial charge in [-0.2, -0.15) is 12.6 Å². The van der Waals surface area contributed by atoms with Crippen LogP contribution in [0.3, 0.4) is 0 Å². The molecule has 5 atom stereocenters. The van der Waals surface area contributed by atoms with Crippen molar-refractivity contribution in [2.24, 2.45) is 0 Å². The van der Waals surface area contributed by atoms with Crippen LogP contribution in [0.25, 0.3) is 0 Å². The van der Waals surface area contributed by atoms with Crippen LogP contribution in [0.1, 0.15) is 32.1 Å². The van der Waals surface area contributed by atoms with Gasteiger partial charge in [0.2, 0.25) is 0 Å². The van der Waals surface area contributed by atoms with Crippen LogP contribution in [0.15, 0.2) is 0 Å². The molecule has 1 saturated heterocycles. The third-order valence-electron chi connectivity index (χ3n) is 3.43. The fraction of sp³-hybridized carbons (Fsp3) is 1.00. The molecule has 0 radical (unpaired) electrons. The van der Waals surface area contributed by atoms with Crippen molar-refractivity contribution < 1.29 is 29.9 Å². The van der Waals surface area contributed by atoms with E-state index in [1.807, 2.05) is 0 Å². The molecule has 0 spiro atoms. The smallest absolute Gasteiger partial charge is 0.186 e. The van der Waals surface area contributed by atoms with E-state index in [4.69, 9.17) is 14.6 Å². The van der Waals surface area contributed by atoms with E-state index < -0.39 is 37.3 Å². The fourth-order valence-corrected chi connectivity index (χ4v) is 2.37. The molecule has 1 fully saturated rings. The van der Waals surface area contributed by atoms with Crippen LogP contribution in [0.4, 0.5) is 0 Å². The Morgan fingerprint density at radius 2 is 1.55 bits per heavy atom. The van der Waals surface area contributed by atoms with Gasteiger partial charge in [-0.25, -0.2) is 0 Å². The molecule has 1 aliphatic rings. The van der Waals surface area contributed by atoms with Crippen molar-refractivity contribution >= 4 is 12.6 Å². The fourth-order valence-electron chi connectivity index (χ4n) is 2.15. The number of unbranched alkanes of at least 4 members (excludes halogenated alkanes) is 4. The number of thiol groups is 1. The quantitative estimate of drug-likeness (QED) is 0.296. The number of hydrogen-bond donors (Lipinski definition) is 5. The van der Waals surface area contributed by atoms with E-state index in [1.54, 1.807) is 0 Å². The second kappa shape index (κ2) is 9.94. The first-order valence-electron chi connectivity index (χ1n) is 7.14. The molecule has 0 aromatic carbocycles. The number of rotatable bonds is 9. The Balaban J connectivity index is 2.21. The molecule has 20 heavy (non-hydrogen) atoms. The summed E-state index contributed by atoms with van der Waals surface area (Å²) in [6.07, 6.45) is -0.725. The molecular weight excluding hydrogens is 284 g/mol. The van der Waals surface area contributed by atoms with Crippen LogP contribution < -0.4 is 0 Å². The molecule has 0 saturated carbocycles. The molecule has 7 heteroatoms. The first-order chi connectivity index (χ1) is 9.61. The summed E-state index contributed by atoms with van der Waals surface area (Å²) in [5.41, 5.74) is 0. The maximum absolute atomic E-state index is 9.74. The molecule has 3 unspecified atom stereocenters. The van der Waals surface area contributed by atoms with Gasteiger partial charge in [-0.1, -0.05) is 19.3 Å². The minimum atomic E-state index is -1.37. The monoisotopic (exact) mass is 310 g/mol. The summed E-state index contributed by atoms with van der Waals surface area (Å²) in [6.45, 7) is -0.0297. The molecule has 0 amide bonds. The summed E-state index contributed by atoms with van der Waals surface area (Å²) < 4.78 is 10.6. The lowest BCUT2D eigenvalue weighted by atomic mass is 9.99. The van der Waals surface area contributed by atoms with Gasteiger partial charge in [0, 0.05) is 6.61 Å². The maximum atomic E-state index is 9.74. The first kappa shape index (κ1) is 18.2. The lowest BCUT2D eigenvalue weighted by Crippen LogP contribution is -2.59. The molecule has 0 aromatic rings. The predicted octanol–water partition coefficient (Wildman–Crippen LogP) is -0.317. The second-order valence-electron chi connectivity index (χ2n) is 5.06. The Morgan fingerprint density at radius 1 is 0.900 bits per heavy atom.